The molecule has 0 unspecified atom stereocenters. The molecule has 6 nitrogen and oxygen atoms in total. The predicted octanol–water partition coefficient (Wildman–Crippen LogP) is -0.652. The predicted molar refractivity (Wildman–Crippen MR) is 32.0 cm³/mol. The van der Waals surface area contributed by atoms with E-state index in [0.717, 1.165) is 7.11 Å². The minimum atomic E-state index is -0.784. The summed E-state index contributed by atoms with van der Waals surface area (Å²) in [7, 11) is 1.16. The molecule has 0 heterocycles. The van der Waals surface area contributed by atoms with Crippen molar-refractivity contribution in [3.05, 3.63) is 0 Å². The second-order valence-corrected chi connectivity index (χ2v) is 1.23. The van der Waals surface area contributed by atoms with Crippen LogP contribution in [0.15, 0.2) is 0 Å². The van der Waals surface area contributed by atoms with Gasteiger partial charge in [-0.1, -0.05) is 0 Å². The van der Waals surface area contributed by atoms with Crippen LogP contribution < -0.4 is 10.6 Å². The smallest absolute Gasteiger partial charge is 0.413 e. The molecule has 10 heavy (non-hydrogen) atoms. The van der Waals surface area contributed by atoms with Gasteiger partial charge in [-0.3, -0.25) is 16.0 Å². The van der Waals surface area contributed by atoms with Gasteiger partial charge in [0, 0.05) is 0 Å². The molecule has 0 bridgehead atoms. The molecule has 0 saturated heterocycles. The molecule has 0 aromatic rings. The zero-order chi connectivity index (χ0) is 7.98. The lowest BCUT2D eigenvalue weighted by atomic mass is 10.9. The lowest BCUT2D eigenvalue weighted by Gasteiger charge is -2.00. The van der Waals surface area contributed by atoms with E-state index < -0.39 is 12.1 Å². The highest BCUT2D eigenvalue weighted by Crippen LogP contribution is 1.68. The molecule has 6 heteroatoms. The van der Waals surface area contributed by atoms with Crippen molar-refractivity contribution >= 4 is 12.1 Å². The van der Waals surface area contributed by atoms with Gasteiger partial charge < -0.3 is 4.74 Å². The average molecular weight is 142 g/mol. The van der Waals surface area contributed by atoms with Crippen molar-refractivity contribution in [1.82, 2.24) is 10.6 Å². The number of ether oxygens (including phenoxy) is 1. The van der Waals surface area contributed by atoms with Crippen molar-refractivity contribution in [2.24, 2.45) is 0 Å². The van der Waals surface area contributed by atoms with E-state index in [2.05, 4.69) is 4.74 Å². The molecule has 0 aromatic heterocycles. The highest BCUT2D eigenvalue weighted by atomic mass is 16.5. The fraction of sp³-hybridized carbons (Fsp3) is 0.250. The van der Waals surface area contributed by atoms with Crippen molar-refractivity contribution in [2.75, 3.05) is 7.11 Å². The summed E-state index contributed by atoms with van der Waals surface area (Å²) in [6, 6.07) is 0. The van der Waals surface area contributed by atoms with E-state index in [1.165, 1.54) is 6.19 Å². The standard InChI is InChI=1S/C4H6N4O2/c1-10-4(9)8-3(6)7-2-5/h1H3,(H3,6,7,8,9). The molecular weight excluding hydrogens is 136 g/mol. The number of amides is 1. The largest absolute Gasteiger partial charge is 0.453 e. The number of hydrogen-bond donors (Lipinski definition) is 3. The Morgan fingerprint density at radius 3 is 2.80 bits per heavy atom. The number of alkyl carbamates (subject to hydrolysis) is 1. The van der Waals surface area contributed by atoms with E-state index in [-0.39, 0.29) is 0 Å². The number of rotatable bonds is 0. The Kier molecular flexibility index (Phi) is 3.41. The third-order valence-corrected chi connectivity index (χ3v) is 0.593. The van der Waals surface area contributed by atoms with Gasteiger partial charge in [-0.15, -0.1) is 0 Å². The minimum absolute atomic E-state index is 0.408. The number of nitrogens with one attached hydrogen (secondary N) is 3. The Bertz CT molecular complexity index is 182. The van der Waals surface area contributed by atoms with Crippen LogP contribution in [-0.2, 0) is 4.74 Å². The fourth-order valence-electron chi connectivity index (χ4n) is 0.240. The summed E-state index contributed by atoms with van der Waals surface area (Å²) in [4.78, 5) is 10.3. The zero-order valence-electron chi connectivity index (χ0n) is 5.26. The van der Waals surface area contributed by atoms with Gasteiger partial charge in [0.2, 0.25) is 5.96 Å². The molecule has 3 N–H and O–H groups in total. The number of nitrogens with zero attached hydrogens (tertiary/aromatic N) is 1. The highest BCUT2D eigenvalue weighted by Gasteiger charge is 2.00. The molecule has 0 saturated carbocycles. The maximum atomic E-state index is 10.3. The van der Waals surface area contributed by atoms with Crippen molar-refractivity contribution in [2.45, 2.75) is 0 Å². The van der Waals surface area contributed by atoms with Crippen molar-refractivity contribution in [1.29, 1.82) is 10.7 Å². The quantitative estimate of drug-likeness (QED) is 0.181. The monoisotopic (exact) mass is 142 g/mol. The van der Waals surface area contributed by atoms with Crippen LogP contribution in [0, 0.1) is 16.9 Å². The second kappa shape index (κ2) is 4.14. The summed E-state index contributed by atoms with van der Waals surface area (Å²) < 4.78 is 4.13. The Hall–Kier alpha value is -1.77. The van der Waals surface area contributed by atoms with Crippen LogP contribution in [-0.4, -0.2) is 19.2 Å². The molecule has 54 valence electrons. The number of nitriles is 1. The van der Waals surface area contributed by atoms with Crippen molar-refractivity contribution in [3.63, 3.8) is 0 Å². The molecule has 0 spiro atoms. The second-order valence-electron chi connectivity index (χ2n) is 1.23. The third-order valence-electron chi connectivity index (χ3n) is 0.593. The van der Waals surface area contributed by atoms with Gasteiger partial charge in [0.1, 0.15) is 0 Å². The van der Waals surface area contributed by atoms with Crippen LogP contribution in [0.5, 0.6) is 0 Å². The van der Waals surface area contributed by atoms with Crippen LogP contribution in [0.25, 0.3) is 0 Å². The first-order valence-electron chi connectivity index (χ1n) is 2.29. The van der Waals surface area contributed by atoms with Gasteiger partial charge >= 0.3 is 6.09 Å². The molecule has 0 atom stereocenters. The van der Waals surface area contributed by atoms with Crippen LogP contribution >= 0.6 is 0 Å². The van der Waals surface area contributed by atoms with Gasteiger partial charge in [-0.2, -0.15) is 5.26 Å². The minimum Gasteiger partial charge on any atom is -0.453 e. The molecule has 0 aliphatic carbocycles. The van der Waals surface area contributed by atoms with E-state index in [4.69, 9.17) is 10.7 Å². The number of methoxy groups -OCH3 is 1. The van der Waals surface area contributed by atoms with E-state index >= 15 is 0 Å². The van der Waals surface area contributed by atoms with Gasteiger partial charge in [0.15, 0.2) is 6.19 Å². The summed E-state index contributed by atoms with van der Waals surface area (Å²) >= 11 is 0. The number of hydrogen-bond acceptors (Lipinski definition) is 4. The van der Waals surface area contributed by atoms with E-state index in [1.807, 2.05) is 10.6 Å². The topological polar surface area (TPSA) is 98.0 Å². The molecular formula is C4H6N4O2. The molecule has 0 rings (SSSR count). The molecule has 0 fully saturated rings. The van der Waals surface area contributed by atoms with E-state index in [1.54, 1.807) is 0 Å². The summed E-state index contributed by atoms with van der Waals surface area (Å²) in [5.41, 5.74) is 0. The first-order chi connectivity index (χ1) is 4.70. The number of carbonyl (C=O) groups is 1. The Morgan fingerprint density at radius 1 is 1.80 bits per heavy atom. The summed E-state index contributed by atoms with van der Waals surface area (Å²) in [6.45, 7) is 0. The first kappa shape index (κ1) is 8.23. The Balaban J connectivity index is 3.60. The first-order valence-corrected chi connectivity index (χ1v) is 2.29. The van der Waals surface area contributed by atoms with Gasteiger partial charge in [-0.25, -0.2) is 4.79 Å². The SMILES string of the molecule is COC(=O)NC(=N)NC#N. The summed E-state index contributed by atoms with van der Waals surface area (Å²) in [5, 5.41) is 18.5. The van der Waals surface area contributed by atoms with Gasteiger partial charge in [0.25, 0.3) is 0 Å². The maximum absolute atomic E-state index is 10.3. The lowest BCUT2D eigenvalue weighted by Crippen LogP contribution is -2.37. The molecule has 0 aliphatic heterocycles. The van der Waals surface area contributed by atoms with Crippen LogP contribution in [0.3, 0.4) is 0 Å². The maximum Gasteiger partial charge on any atom is 0.413 e. The average Bonchev–Trinajstić information content (AvgIpc) is 1.88. The summed E-state index contributed by atoms with van der Waals surface area (Å²) in [6.07, 6.45) is 0.668. The summed E-state index contributed by atoms with van der Waals surface area (Å²) in [5.74, 6) is -0.408. The number of carbonyl (C=O) groups excluding carboxylic acids is 1. The zero-order valence-corrected chi connectivity index (χ0v) is 5.26. The van der Waals surface area contributed by atoms with E-state index in [9.17, 15) is 4.79 Å². The highest BCUT2D eigenvalue weighted by molar-refractivity contribution is 5.92. The lowest BCUT2D eigenvalue weighted by molar-refractivity contribution is 0.176. The van der Waals surface area contributed by atoms with Gasteiger partial charge in [0.05, 0.1) is 7.11 Å². The fourth-order valence-corrected chi connectivity index (χ4v) is 0.240. The Labute approximate surface area is 57.3 Å². The van der Waals surface area contributed by atoms with Crippen LogP contribution in [0.2, 0.25) is 0 Å². The van der Waals surface area contributed by atoms with Crippen LogP contribution in [0.4, 0.5) is 4.79 Å². The third kappa shape index (κ3) is 3.26. The van der Waals surface area contributed by atoms with Gasteiger partial charge in [-0.05, 0) is 0 Å². The molecule has 0 aromatic carbocycles. The van der Waals surface area contributed by atoms with Crippen LogP contribution in [0.1, 0.15) is 0 Å². The Morgan fingerprint density at radius 2 is 2.40 bits per heavy atom. The van der Waals surface area contributed by atoms with E-state index in [0.29, 0.717) is 0 Å². The number of guanidine groups is 1. The molecule has 1 amide bonds. The normalized spacial score (nSPS) is 7.20. The molecule has 0 radical (unpaired) electrons. The van der Waals surface area contributed by atoms with Crippen molar-refractivity contribution in [3.8, 4) is 6.19 Å². The van der Waals surface area contributed by atoms with Crippen molar-refractivity contribution < 1.29 is 9.53 Å². The molecule has 0 aliphatic rings.